The fourth-order valence-electron chi connectivity index (χ4n) is 3.62. The van der Waals surface area contributed by atoms with Crippen LogP contribution in [0.3, 0.4) is 0 Å². The second kappa shape index (κ2) is 8.92. The lowest BCUT2D eigenvalue weighted by molar-refractivity contribution is 0.270. The third-order valence-corrected chi connectivity index (χ3v) is 4.84. The molecule has 1 aliphatic carbocycles. The standard InChI is InChI=1S/C16H32N2/c1-2-4-6-10-15(9-5-3-1)16-13-17-11-7-8-12-18-14-16/h15-18H,1-14H2. The van der Waals surface area contributed by atoms with Gasteiger partial charge in [-0.2, -0.15) is 0 Å². The predicted octanol–water partition coefficient (Wildman–Crippen LogP) is 3.33. The Balaban J connectivity index is 1.83. The van der Waals surface area contributed by atoms with Crippen LogP contribution in [0.5, 0.6) is 0 Å². The van der Waals surface area contributed by atoms with E-state index in [0.29, 0.717) is 0 Å². The van der Waals surface area contributed by atoms with Crippen molar-refractivity contribution in [1.29, 1.82) is 0 Å². The van der Waals surface area contributed by atoms with Crippen molar-refractivity contribution in [3.8, 4) is 0 Å². The molecule has 0 unspecified atom stereocenters. The van der Waals surface area contributed by atoms with Gasteiger partial charge >= 0.3 is 0 Å². The Hall–Kier alpha value is -0.0800. The highest BCUT2D eigenvalue weighted by Crippen LogP contribution is 2.27. The van der Waals surface area contributed by atoms with E-state index in [0.717, 1.165) is 11.8 Å². The first-order chi connectivity index (χ1) is 8.97. The molecule has 0 aromatic carbocycles. The second-order valence-electron chi connectivity index (χ2n) is 6.33. The third kappa shape index (κ3) is 5.27. The van der Waals surface area contributed by atoms with Crippen molar-refractivity contribution in [3.63, 3.8) is 0 Å². The summed E-state index contributed by atoms with van der Waals surface area (Å²) >= 11 is 0. The zero-order valence-electron chi connectivity index (χ0n) is 12.1. The van der Waals surface area contributed by atoms with Gasteiger partial charge in [-0.1, -0.05) is 51.4 Å². The van der Waals surface area contributed by atoms with Crippen molar-refractivity contribution in [3.05, 3.63) is 0 Å². The highest BCUT2D eigenvalue weighted by atomic mass is 14.9. The van der Waals surface area contributed by atoms with E-state index in [1.54, 1.807) is 0 Å². The van der Waals surface area contributed by atoms with E-state index in [2.05, 4.69) is 10.6 Å². The van der Waals surface area contributed by atoms with Crippen molar-refractivity contribution in [2.75, 3.05) is 26.2 Å². The van der Waals surface area contributed by atoms with Crippen LogP contribution in [0.1, 0.15) is 64.2 Å². The number of hydrogen-bond donors (Lipinski definition) is 2. The summed E-state index contributed by atoms with van der Waals surface area (Å²) in [5.41, 5.74) is 0. The molecule has 2 heteroatoms. The lowest BCUT2D eigenvalue weighted by Crippen LogP contribution is -2.35. The SMILES string of the molecule is C1CCCCC(C2CNCCCCNC2)CCC1. The summed E-state index contributed by atoms with van der Waals surface area (Å²) in [7, 11) is 0. The van der Waals surface area contributed by atoms with E-state index >= 15 is 0 Å². The fraction of sp³-hybridized carbons (Fsp3) is 1.00. The van der Waals surface area contributed by atoms with Crippen molar-refractivity contribution in [2.24, 2.45) is 11.8 Å². The maximum atomic E-state index is 3.69. The van der Waals surface area contributed by atoms with E-state index in [1.165, 1.54) is 90.4 Å². The van der Waals surface area contributed by atoms with Crippen LogP contribution in [0.15, 0.2) is 0 Å². The molecule has 0 amide bonds. The molecule has 1 saturated heterocycles. The molecule has 0 spiro atoms. The van der Waals surface area contributed by atoms with Crippen molar-refractivity contribution < 1.29 is 0 Å². The second-order valence-corrected chi connectivity index (χ2v) is 6.33. The molecule has 0 aromatic heterocycles. The Labute approximate surface area is 113 Å². The quantitative estimate of drug-likeness (QED) is 0.748. The van der Waals surface area contributed by atoms with E-state index < -0.39 is 0 Å². The van der Waals surface area contributed by atoms with Crippen LogP contribution in [-0.2, 0) is 0 Å². The minimum absolute atomic E-state index is 0.876. The van der Waals surface area contributed by atoms with Gasteiger partial charge in [-0.05, 0) is 50.9 Å². The van der Waals surface area contributed by atoms with Gasteiger partial charge in [0.05, 0.1) is 0 Å². The van der Waals surface area contributed by atoms with Gasteiger partial charge in [0.25, 0.3) is 0 Å². The van der Waals surface area contributed by atoms with Crippen LogP contribution in [0.25, 0.3) is 0 Å². The van der Waals surface area contributed by atoms with Gasteiger partial charge in [0, 0.05) is 0 Å². The van der Waals surface area contributed by atoms with Crippen molar-refractivity contribution >= 4 is 0 Å². The Morgan fingerprint density at radius 2 is 1.00 bits per heavy atom. The van der Waals surface area contributed by atoms with Crippen LogP contribution in [0.2, 0.25) is 0 Å². The van der Waals surface area contributed by atoms with Crippen LogP contribution < -0.4 is 10.6 Å². The van der Waals surface area contributed by atoms with Gasteiger partial charge in [-0.3, -0.25) is 0 Å². The Bertz CT molecular complexity index is 163. The molecule has 2 aliphatic rings. The molecule has 2 nitrogen and oxygen atoms in total. The van der Waals surface area contributed by atoms with E-state index in [1.807, 2.05) is 0 Å². The molecule has 0 bridgehead atoms. The minimum atomic E-state index is 0.876. The first-order valence-electron chi connectivity index (χ1n) is 8.38. The smallest absolute Gasteiger partial charge is 0.000572 e. The van der Waals surface area contributed by atoms with E-state index in [9.17, 15) is 0 Å². The minimum Gasteiger partial charge on any atom is -0.316 e. The number of hydrogen-bond acceptors (Lipinski definition) is 2. The Kier molecular flexibility index (Phi) is 7.11. The highest BCUT2D eigenvalue weighted by Gasteiger charge is 2.21. The van der Waals surface area contributed by atoms with Gasteiger partial charge in [0.15, 0.2) is 0 Å². The molecule has 106 valence electrons. The third-order valence-electron chi connectivity index (χ3n) is 4.84. The molecule has 1 heterocycles. The molecular formula is C16H32N2. The predicted molar refractivity (Wildman–Crippen MR) is 78.9 cm³/mol. The molecule has 0 aromatic rings. The summed E-state index contributed by atoms with van der Waals surface area (Å²) in [5.74, 6) is 1.85. The average Bonchev–Trinajstić information content (AvgIpc) is 2.61. The number of rotatable bonds is 1. The normalized spacial score (nSPS) is 27.3. The van der Waals surface area contributed by atoms with Gasteiger partial charge in [-0.25, -0.2) is 0 Å². The van der Waals surface area contributed by atoms with Crippen molar-refractivity contribution in [1.82, 2.24) is 10.6 Å². The molecular weight excluding hydrogens is 220 g/mol. The lowest BCUT2D eigenvalue weighted by Gasteiger charge is -2.27. The Morgan fingerprint density at radius 1 is 0.500 bits per heavy atom. The first-order valence-corrected chi connectivity index (χ1v) is 8.38. The Morgan fingerprint density at radius 3 is 1.56 bits per heavy atom. The lowest BCUT2D eigenvalue weighted by atomic mass is 9.84. The molecule has 0 atom stereocenters. The number of nitrogens with one attached hydrogen (secondary N) is 2. The van der Waals surface area contributed by atoms with Gasteiger partial charge in [-0.15, -0.1) is 0 Å². The summed E-state index contributed by atoms with van der Waals surface area (Å²) in [6.45, 7) is 4.95. The van der Waals surface area contributed by atoms with Gasteiger partial charge in [0.2, 0.25) is 0 Å². The topological polar surface area (TPSA) is 24.1 Å². The van der Waals surface area contributed by atoms with Gasteiger partial charge in [0.1, 0.15) is 0 Å². The monoisotopic (exact) mass is 252 g/mol. The highest BCUT2D eigenvalue weighted by molar-refractivity contribution is 4.77. The van der Waals surface area contributed by atoms with Crippen LogP contribution >= 0.6 is 0 Å². The molecule has 2 rings (SSSR count). The van der Waals surface area contributed by atoms with E-state index in [4.69, 9.17) is 0 Å². The summed E-state index contributed by atoms with van der Waals surface area (Å²) in [6.07, 6.45) is 14.5. The summed E-state index contributed by atoms with van der Waals surface area (Å²) in [6, 6.07) is 0. The first kappa shape index (κ1) is 14.3. The maximum absolute atomic E-state index is 3.69. The van der Waals surface area contributed by atoms with Crippen LogP contribution in [0.4, 0.5) is 0 Å². The van der Waals surface area contributed by atoms with Crippen LogP contribution in [0, 0.1) is 11.8 Å². The fourth-order valence-corrected chi connectivity index (χ4v) is 3.62. The molecule has 0 radical (unpaired) electrons. The zero-order valence-corrected chi connectivity index (χ0v) is 12.1. The molecule has 18 heavy (non-hydrogen) atoms. The summed E-state index contributed by atoms with van der Waals surface area (Å²) in [5, 5.41) is 7.37. The molecule has 1 aliphatic heterocycles. The summed E-state index contributed by atoms with van der Waals surface area (Å²) in [4.78, 5) is 0. The molecule has 2 fully saturated rings. The van der Waals surface area contributed by atoms with Crippen molar-refractivity contribution in [2.45, 2.75) is 64.2 Å². The van der Waals surface area contributed by atoms with Crippen LogP contribution in [-0.4, -0.2) is 26.2 Å². The summed E-state index contributed by atoms with van der Waals surface area (Å²) < 4.78 is 0. The van der Waals surface area contributed by atoms with E-state index in [-0.39, 0.29) is 0 Å². The average molecular weight is 252 g/mol. The zero-order chi connectivity index (χ0) is 12.5. The molecule has 2 N–H and O–H groups in total. The van der Waals surface area contributed by atoms with Gasteiger partial charge < -0.3 is 10.6 Å². The molecule has 1 saturated carbocycles. The maximum Gasteiger partial charge on any atom is -0.000572 e. The largest absolute Gasteiger partial charge is 0.316 e.